The summed E-state index contributed by atoms with van der Waals surface area (Å²) in [7, 11) is 1.45. The van der Waals surface area contributed by atoms with Gasteiger partial charge in [-0.1, -0.05) is 5.59 Å². The molecule has 0 amide bonds. The number of rotatable bonds is 3. The monoisotopic (exact) mass is 291 g/mol. The smallest absolute Gasteiger partial charge is 0.192 e. The number of nitrogens with one attached hydrogen (secondary N) is 1. The second kappa shape index (κ2) is 5.37. The molecule has 1 aliphatic heterocycles. The van der Waals surface area contributed by atoms with Crippen molar-refractivity contribution in [3.8, 4) is 5.75 Å². The molecule has 3 rings (SSSR count). The molecule has 1 aromatic carbocycles. The molecule has 0 bridgehead atoms. The fourth-order valence-corrected chi connectivity index (χ4v) is 1.84. The quantitative estimate of drug-likeness (QED) is 0.942. The van der Waals surface area contributed by atoms with E-state index < -0.39 is 11.6 Å². The highest BCUT2D eigenvalue weighted by Crippen LogP contribution is 2.27. The Kier molecular flexibility index (Phi) is 3.41. The molecule has 7 heteroatoms. The lowest BCUT2D eigenvalue weighted by Crippen LogP contribution is -2.27. The second-order valence-electron chi connectivity index (χ2n) is 4.27. The van der Waals surface area contributed by atoms with Crippen molar-refractivity contribution in [2.24, 2.45) is 0 Å². The van der Waals surface area contributed by atoms with E-state index in [0.29, 0.717) is 22.9 Å². The fraction of sp³-hybridized carbons (Fsp3) is 0.0714. The second-order valence-corrected chi connectivity index (χ2v) is 4.27. The molecule has 1 aliphatic rings. The number of halogens is 2. The maximum absolute atomic E-state index is 13.5. The Labute approximate surface area is 119 Å². The Morgan fingerprint density at radius 3 is 2.76 bits per heavy atom. The van der Waals surface area contributed by atoms with E-state index in [-0.39, 0.29) is 0 Å². The van der Waals surface area contributed by atoms with Crippen molar-refractivity contribution in [2.45, 2.75) is 0 Å². The van der Waals surface area contributed by atoms with E-state index in [4.69, 9.17) is 9.57 Å². The predicted octanol–water partition coefficient (Wildman–Crippen LogP) is 2.62. The number of methoxy groups -OCH3 is 1. The first-order valence-electron chi connectivity index (χ1n) is 6.06. The molecule has 2 heterocycles. The van der Waals surface area contributed by atoms with E-state index in [0.717, 1.165) is 6.20 Å². The summed E-state index contributed by atoms with van der Waals surface area (Å²) in [5, 5.41) is 1.46. The number of anilines is 1. The van der Waals surface area contributed by atoms with Crippen molar-refractivity contribution in [3.63, 3.8) is 0 Å². The largest absolute Gasteiger partial charge is 0.497 e. The lowest BCUT2D eigenvalue weighted by Gasteiger charge is -2.14. The molecular weight excluding hydrogens is 280 g/mol. The van der Waals surface area contributed by atoms with Gasteiger partial charge in [0, 0.05) is 12.1 Å². The standard InChI is InChI=1S/C14H11F2N3O2/c1-20-12-5-10(16)4-11(6-12)19-8-14(21-18-19)13-3-2-9(15)7-17-13/h2-8,18H,1H3. The van der Waals surface area contributed by atoms with Crippen LogP contribution in [-0.2, 0) is 4.84 Å². The number of ether oxygens (including phenoxy) is 1. The molecule has 0 aliphatic carbocycles. The molecule has 0 radical (unpaired) electrons. The van der Waals surface area contributed by atoms with Gasteiger partial charge in [0.15, 0.2) is 5.76 Å². The van der Waals surface area contributed by atoms with Gasteiger partial charge in [0.05, 0.1) is 25.2 Å². The van der Waals surface area contributed by atoms with Gasteiger partial charge in [0.25, 0.3) is 0 Å². The number of hydrazine groups is 1. The van der Waals surface area contributed by atoms with Gasteiger partial charge in [-0.15, -0.1) is 0 Å². The molecule has 0 spiro atoms. The number of nitrogens with zero attached hydrogens (tertiary/aromatic N) is 2. The number of aromatic nitrogens is 1. The zero-order valence-electron chi connectivity index (χ0n) is 11.0. The minimum Gasteiger partial charge on any atom is -0.497 e. The highest BCUT2D eigenvalue weighted by atomic mass is 19.1. The van der Waals surface area contributed by atoms with E-state index in [1.54, 1.807) is 12.3 Å². The topological polar surface area (TPSA) is 46.6 Å². The van der Waals surface area contributed by atoms with Crippen molar-refractivity contribution in [1.82, 2.24) is 10.6 Å². The van der Waals surface area contributed by atoms with Crippen LogP contribution in [0.3, 0.4) is 0 Å². The average molecular weight is 291 g/mol. The highest BCUT2D eigenvalue weighted by Gasteiger charge is 2.19. The van der Waals surface area contributed by atoms with E-state index >= 15 is 0 Å². The van der Waals surface area contributed by atoms with Gasteiger partial charge in [-0.3, -0.25) is 0 Å². The van der Waals surface area contributed by atoms with Crippen LogP contribution in [0, 0.1) is 11.6 Å². The maximum atomic E-state index is 13.5. The number of benzene rings is 1. The number of hydrogen-bond donors (Lipinski definition) is 1. The van der Waals surface area contributed by atoms with Crippen LogP contribution < -0.4 is 15.3 Å². The lowest BCUT2D eigenvalue weighted by molar-refractivity contribution is 0.179. The van der Waals surface area contributed by atoms with Crippen LogP contribution in [-0.4, -0.2) is 12.1 Å². The van der Waals surface area contributed by atoms with E-state index in [1.807, 2.05) is 0 Å². The summed E-state index contributed by atoms with van der Waals surface area (Å²) in [5.74, 6) is -0.100. The summed E-state index contributed by atoms with van der Waals surface area (Å²) in [4.78, 5) is 9.15. The average Bonchev–Trinajstić information content (AvgIpc) is 2.97. The molecule has 0 saturated heterocycles. The van der Waals surface area contributed by atoms with Gasteiger partial charge in [-0.2, -0.15) is 0 Å². The lowest BCUT2D eigenvalue weighted by atomic mass is 10.2. The first-order valence-corrected chi connectivity index (χ1v) is 6.06. The van der Waals surface area contributed by atoms with Crippen LogP contribution in [0.15, 0.2) is 42.7 Å². The molecule has 2 aromatic rings. The van der Waals surface area contributed by atoms with E-state index in [1.165, 1.54) is 36.4 Å². The van der Waals surface area contributed by atoms with Crippen molar-refractivity contribution >= 4 is 11.4 Å². The zero-order chi connectivity index (χ0) is 14.8. The fourth-order valence-electron chi connectivity index (χ4n) is 1.84. The van der Waals surface area contributed by atoms with Crippen molar-refractivity contribution in [3.05, 3.63) is 60.1 Å². The van der Waals surface area contributed by atoms with Crippen LogP contribution in [0.25, 0.3) is 5.76 Å². The SMILES string of the molecule is COc1cc(F)cc(N2C=C(c3ccc(F)cn3)ON2)c1. The number of hydrogen-bond acceptors (Lipinski definition) is 5. The van der Waals surface area contributed by atoms with Gasteiger partial charge < -0.3 is 9.57 Å². The molecule has 0 atom stereocenters. The predicted molar refractivity (Wildman–Crippen MR) is 71.8 cm³/mol. The van der Waals surface area contributed by atoms with Gasteiger partial charge >= 0.3 is 0 Å². The van der Waals surface area contributed by atoms with Crippen LogP contribution >= 0.6 is 0 Å². The van der Waals surface area contributed by atoms with Crippen LogP contribution in [0.4, 0.5) is 14.5 Å². The minimum absolute atomic E-state index is 0.383. The molecule has 0 unspecified atom stereocenters. The molecule has 1 N–H and O–H groups in total. The normalized spacial score (nSPS) is 13.9. The van der Waals surface area contributed by atoms with Gasteiger partial charge in [-0.25, -0.2) is 18.8 Å². The van der Waals surface area contributed by atoms with Crippen molar-refractivity contribution in [1.29, 1.82) is 0 Å². The molecule has 1 aromatic heterocycles. The van der Waals surface area contributed by atoms with Crippen LogP contribution in [0.1, 0.15) is 5.69 Å². The molecule has 108 valence electrons. The van der Waals surface area contributed by atoms with Crippen LogP contribution in [0.5, 0.6) is 5.75 Å². The summed E-state index contributed by atoms with van der Waals surface area (Å²) < 4.78 is 31.3. The highest BCUT2D eigenvalue weighted by molar-refractivity contribution is 5.64. The van der Waals surface area contributed by atoms with Gasteiger partial charge in [0.1, 0.15) is 23.1 Å². The molecule has 0 saturated carbocycles. The first-order chi connectivity index (χ1) is 10.2. The third kappa shape index (κ3) is 2.77. The summed E-state index contributed by atoms with van der Waals surface area (Å²) in [6, 6.07) is 6.98. The molecule has 0 fully saturated rings. The Balaban J connectivity index is 1.88. The minimum atomic E-state index is -0.437. The van der Waals surface area contributed by atoms with E-state index in [2.05, 4.69) is 10.6 Å². The zero-order valence-corrected chi connectivity index (χ0v) is 11.0. The van der Waals surface area contributed by atoms with Crippen molar-refractivity contribution < 1.29 is 18.4 Å². The Bertz CT molecular complexity index is 689. The summed E-state index contributed by atoms with van der Waals surface area (Å²) in [5.41, 5.74) is 3.54. The maximum Gasteiger partial charge on any atom is 0.192 e. The van der Waals surface area contributed by atoms with Crippen LogP contribution in [0.2, 0.25) is 0 Å². The Morgan fingerprint density at radius 2 is 2.05 bits per heavy atom. The Hall–Kier alpha value is -2.67. The summed E-state index contributed by atoms with van der Waals surface area (Å²) in [6.07, 6.45) is 2.67. The van der Waals surface area contributed by atoms with Gasteiger partial charge in [-0.05, 0) is 18.2 Å². The Morgan fingerprint density at radius 1 is 1.19 bits per heavy atom. The summed E-state index contributed by atoms with van der Waals surface area (Å²) in [6.45, 7) is 0. The number of pyridine rings is 1. The van der Waals surface area contributed by atoms with E-state index in [9.17, 15) is 8.78 Å². The molecule has 5 nitrogen and oxygen atoms in total. The van der Waals surface area contributed by atoms with Crippen molar-refractivity contribution in [2.75, 3.05) is 12.1 Å². The van der Waals surface area contributed by atoms with Gasteiger partial charge in [0.2, 0.25) is 0 Å². The molecule has 21 heavy (non-hydrogen) atoms. The first kappa shape index (κ1) is 13.3. The third-order valence-electron chi connectivity index (χ3n) is 2.85. The molecular formula is C14H11F2N3O2. The third-order valence-corrected chi connectivity index (χ3v) is 2.85. The summed E-state index contributed by atoms with van der Waals surface area (Å²) >= 11 is 0.